The lowest BCUT2D eigenvalue weighted by Crippen LogP contribution is -2.49. The van der Waals surface area contributed by atoms with E-state index in [1.807, 2.05) is 63.8 Å². The molecule has 1 aliphatic heterocycles. The van der Waals surface area contributed by atoms with Crippen LogP contribution in [0.3, 0.4) is 0 Å². The first-order valence-electron chi connectivity index (χ1n) is 13.0. The number of piperazine rings is 1. The average Bonchev–Trinajstić information content (AvgIpc) is 2.85. The van der Waals surface area contributed by atoms with E-state index in [1.165, 1.54) is 5.56 Å². The van der Waals surface area contributed by atoms with Gasteiger partial charge in [0.15, 0.2) is 0 Å². The summed E-state index contributed by atoms with van der Waals surface area (Å²) in [5.41, 5.74) is 1.81. The van der Waals surface area contributed by atoms with E-state index in [9.17, 15) is 9.59 Å². The van der Waals surface area contributed by atoms with Crippen LogP contribution in [0.25, 0.3) is 0 Å². The lowest BCUT2D eigenvalue weighted by Gasteiger charge is -2.35. The van der Waals surface area contributed by atoms with E-state index in [1.54, 1.807) is 17.0 Å². The predicted octanol–water partition coefficient (Wildman–Crippen LogP) is 5.51. The Hall–Kier alpha value is -2.61. The number of rotatable bonds is 9. The maximum Gasteiger partial charge on any atom is 0.414 e. The molecule has 0 atom stereocenters. The molecule has 2 aromatic rings. The number of amides is 2. The molecule has 0 spiro atoms. The Morgan fingerprint density at radius 2 is 1.70 bits per heavy atom. The Balaban J connectivity index is 1.61. The molecule has 0 saturated carbocycles. The molecule has 1 aliphatic rings. The van der Waals surface area contributed by atoms with Crippen molar-refractivity contribution in [3.05, 3.63) is 64.7 Å². The molecule has 1 fully saturated rings. The molecule has 37 heavy (non-hydrogen) atoms. The van der Waals surface area contributed by atoms with Gasteiger partial charge in [-0.2, -0.15) is 0 Å². The van der Waals surface area contributed by atoms with Gasteiger partial charge in [-0.3, -0.25) is 14.6 Å². The van der Waals surface area contributed by atoms with E-state index in [0.29, 0.717) is 37.5 Å². The summed E-state index contributed by atoms with van der Waals surface area (Å²) in [5.74, 6) is -0.0261. The van der Waals surface area contributed by atoms with E-state index in [4.69, 9.17) is 21.1 Å². The van der Waals surface area contributed by atoms with E-state index >= 15 is 0 Å². The first-order chi connectivity index (χ1) is 17.5. The summed E-state index contributed by atoms with van der Waals surface area (Å²) in [4.78, 5) is 32.1. The summed E-state index contributed by atoms with van der Waals surface area (Å²) in [6.45, 7) is 14.1. The Kier molecular flexibility index (Phi) is 10.4. The van der Waals surface area contributed by atoms with Gasteiger partial charge in [0.05, 0.1) is 19.3 Å². The fourth-order valence-corrected chi connectivity index (χ4v) is 4.25. The van der Waals surface area contributed by atoms with Gasteiger partial charge in [0.1, 0.15) is 5.60 Å². The quantitative estimate of drug-likeness (QED) is 0.429. The number of ether oxygens (including phenoxy) is 2. The Morgan fingerprint density at radius 3 is 2.32 bits per heavy atom. The minimum absolute atomic E-state index is 0.0261. The highest BCUT2D eigenvalue weighted by Crippen LogP contribution is 2.21. The minimum Gasteiger partial charge on any atom is -0.443 e. The highest BCUT2D eigenvalue weighted by molar-refractivity contribution is 6.30. The number of carbonyl (C=O) groups is 2. The summed E-state index contributed by atoms with van der Waals surface area (Å²) >= 11 is 5.98. The molecule has 3 rings (SSSR count). The standard InChI is InChI=1S/C29H40ClN3O4/c1-22(2)36-20-19-33(28(35)37-29(3,4)5)26-8-6-7-24(21-26)27(34)32-17-15-31(16-18-32)14-13-23-9-11-25(30)12-10-23/h6-12,21-22H,13-20H2,1-5H3. The number of hydrogen-bond acceptors (Lipinski definition) is 5. The largest absolute Gasteiger partial charge is 0.443 e. The first kappa shape index (κ1) is 29.0. The molecule has 7 nitrogen and oxygen atoms in total. The van der Waals surface area contributed by atoms with E-state index < -0.39 is 11.7 Å². The molecular weight excluding hydrogens is 490 g/mol. The third-order valence-corrected chi connectivity index (χ3v) is 6.33. The van der Waals surface area contributed by atoms with Crippen molar-refractivity contribution in [1.29, 1.82) is 0 Å². The second-order valence-electron chi connectivity index (χ2n) is 10.6. The summed E-state index contributed by atoms with van der Waals surface area (Å²) in [6.07, 6.45) is 0.547. The molecule has 8 heteroatoms. The van der Waals surface area contributed by atoms with Crippen LogP contribution in [-0.4, -0.2) is 79.4 Å². The lowest BCUT2D eigenvalue weighted by molar-refractivity contribution is 0.0525. The lowest BCUT2D eigenvalue weighted by atomic mass is 10.1. The molecule has 202 valence electrons. The molecule has 0 aromatic heterocycles. The Morgan fingerprint density at radius 1 is 1.03 bits per heavy atom. The van der Waals surface area contributed by atoms with Crippen LogP contribution in [0.15, 0.2) is 48.5 Å². The van der Waals surface area contributed by atoms with Gasteiger partial charge in [0, 0.05) is 49.0 Å². The maximum absolute atomic E-state index is 13.3. The van der Waals surface area contributed by atoms with Crippen molar-refractivity contribution in [2.24, 2.45) is 0 Å². The van der Waals surface area contributed by atoms with Crippen molar-refractivity contribution < 1.29 is 19.1 Å². The van der Waals surface area contributed by atoms with Crippen molar-refractivity contribution in [3.63, 3.8) is 0 Å². The van der Waals surface area contributed by atoms with Crippen molar-refractivity contribution >= 4 is 29.3 Å². The molecule has 0 N–H and O–H groups in total. The van der Waals surface area contributed by atoms with Gasteiger partial charge in [-0.15, -0.1) is 0 Å². The zero-order valence-electron chi connectivity index (χ0n) is 22.7. The zero-order chi connectivity index (χ0) is 27.0. The fraction of sp³-hybridized carbons (Fsp3) is 0.517. The number of hydrogen-bond donors (Lipinski definition) is 0. The molecule has 0 bridgehead atoms. The molecule has 0 unspecified atom stereocenters. The monoisotopic (exact) mass is 529 g/mol. The highest BCUT2D eigenvalue weighted by atomic mass is 35.5. The number of benzene rings is 2. The van der Waals surface area contributed by atoms with Crippen LogP contribution in [0.2, 0.25) is 5.02 Å². The van der Waals surface area contributed by atoms with Gasteiger partial charge in [-0.05, 0) is 76.9 Å². The molecule has 2 amide bonds. The van der Waals surface area contributed by atoms with E-state index in [2.05, 4.69) is 17.0 Å². The number of halogens is 1. The van der Waals surface area contributed by atoms with Crippen molar-refractivity contribution in [3.8, 4) is 0 Å². The second kappa shape index (κ2) is 13.3. The number of anilines is 1. The van der Waals surface area contributed by atoms with Crippen LogP contribution in [0.5, 0.6) is 0 Å². The van der Waals surface area contributed by atoms with Crippen molar-refractivity contribution in [2.45, 2.75) is 52.7 Å². The molecule has 0 radical (unpaired) electrons. The predicted molar refractivity (Wildman–Crippen MR) is 149 cm³/mol. The molecular formula is C29H40ClN3O4. The van der Waals surface area contributed by atoms with Crippen LogP contribution < -0.4 is 4.90 Å². The summed E-state index contributed by atoms with van der Waals surface area (Å²) in [7, 11) is 0. The number of nitrogens with zero attached hydrogens (tertiary/aromatic N) is 3. The van der Waals surface area contributed by atoms with Gasteiger partial charge in [-0.25, -0.2) is 4.79 Å². The van der Waals surface area contributed by atoms with Crippen molar-refractivity contribution in [2.75, 3.05) is 50.8 Å². The van der Waals surface area contributed by atoms with Crippen LogP contribution in [-0.2, 0) is 15.9 Å². The molecule has 2 aromatic carbocycles. The van der Waals surface area contributed by atoms with E-state index in [-0.39, 0.29) is 12.0 Å². The minimum atomic E-state index is -0.630. The van der Waals surface area contributed by atoms with Gasteiger partial charge >= 0.3 is 6.09 Å². The summed E-state index contributed by atoms with van der Waals surface area (Å²) in [5, 5.41) is 0.748. The van der Waals surface area contributed by atoms with Crippen LogP contribution >= 0.6 is 11.6 Å². The second-order valence-corrected chi connectivity index (χ2v) is 11.0. The Bertz CT molecular complexity index is 1030. The number of carbonyl (C=O) groups excluding carboxylic acids is 2. The fourth-order valence-electron chi connectivity index (χ4n) is 4.12. The van der Waals surface area contributed by atoms with Gasteiger partial charge in [0.2, 0.25) is 0 Å². The van der Waals surface area contributed by atoms with E-state index in [0.717, 1.165) is 31.1 Å². The third kappa shape index (κ3) is 9.33. The molecule has 1 heterocycles. The van der Waals surface area contributed by atoms with Crippen LogP contribution in [0.1, 0.15) is 50.5 Å². The van der Waals surface area contributed by atoms with Gasteiger partial charge < -0.3 is 14.4 Å². The van der Waals surface area contributed by atoms with Gasteiger partial charge in [-0.1, -0.05) is 29.8 Å². The molecule has 1 saturated heterocycles. The smallest absolute Gasteiger partial charge is 0.414 e. The normalized spacial score (nSPS) is 14.6. The van der Waals surface area contributed by atoms with Crippen LogP contribution in [0, 0.1) is 0 Å². The Labute approximate surface area is 226 Å². The summed E-state index contributed by atoms with van der Waals surface area (Å²) < 4.78 is 11.3. The summed E-state index contributed by atoms with van der Waals surface area (Å²) in [6, 6.07) is 15.2. The first-order valence-corrected chi connectivity index (χ1v) is 13.4. The van der Waals surface area contributed by atoms with Crippen LogP contribution in [0.4, 0.5) is 10.5 Å². The highest BCUT2D eigenvalue weighted by Gasteiger charge is 2.26. The zero-order valence-corrected chi connectivity index (χ0v) is 23.5. The SMILES string of the molecule is CC(C)OCCN(C(=O)OC(C)(C)C)c1cccc(C(=O)N2CCN(CCc3ccc(Cl)cc3)CC2)c1. The topological polar surface area (TPSA) is 62.3 Å². The maximum atomic E-state index is 13.3. The van der Waals surface area contributed by atoms with Gasteiger partial charge in [0.25, 0.3) is 5.91 Å². The average molecular weight is 530 g/mol. The molecule has 0 aliphatic carbocycles. The third-order valence-electron chi connectivity index (χ3n) is 6.07. The van der Waals surface area contributed by atoms with Crippen molar-refractivity contribution in [1.82, 2.24) is 9.80 Å².